The summed E-state index contributed by atoms with van der Waals surface area (Å²) in [4.78, 5) is 26.2. The van der Waals surface area contributed by atoms with Crippen LogP contribution >= 0.6 is 11.3 Å². The first-order valence-electron chi connectivity index (χ1n) is 10.1. The Balaban J connectivity index is 1.70. The molecule has 1 fully saturated rings. The Morgan fingerprint density at radius 2 is 2.04 bits per heavy atom. The van der Waals surface area contributed by atoms with Gasteiger partial charge in [-0.05, 0) is 38.2 Å². The van der Waals surface area contributed by atoms with Crippen LogP contribution in [0.2, 0.25) is 0 Å². The van der Waals surface area contributed by atoms with Crippen LogP contribution in [0.3, 0.4) is 0 Å². The second kappa shape index (κ2) is 7.32. The van der Waals surface area contributed by atoms with Crippen molar-refractivity contribution in [1.82, 2.24) is 15.1 Å². The van der Waals surface area contributed by atoms with Gasteiger partial charge in [0, 0.05) is 16.1 Å². The third kappa shape index (κ3) is 3.13. The smallest absolute Gasteiger partial charge is 0.276 e. The van der Waals surface area contributed by atoms with Gasteiger partial charge in [0.25, 0.3) is 5.56 Å². The van der Waals surface area contributed by atoms with Crippen molar-refractivity contribution >= 4 is 37.4 Å². The van der Waals surface area contributed by atoms with Crippen molar-refractivity contribution in [2.24, 2.45) is 11.8 Å². The number of rotatable bonds is 3. The number of nitrogens with zero attached hydrogens (tertiary/aromatic N) is 2. The zero-order chi connectivity index (χ0) is 20.0. The number of aromatic nitrogens is 2. The summed E-state index contributed by atoms with van der Waals surface area (Å²) in [5, 5.41) is 9.30. The zero-order valence-corrected chi connectivity index (χ0v) is 17.7. The zero-order valence-electron chi connectivity index (χ0n) is 16.9. The molecule has 1 amide bonds. The largest absolute Gasteiger partial charge is 0.351 e. The normalized spacial score (nSPS) is 23.8. The van der Waals surface area contributed by atoms with Crippen molar-refractivity contribution in [3.05, 3.63) is 40.3 Å². The van der Waals surface area contributed by atoms with Crippen LogP contribution < -0.4 is 10.9 Å². The second-order valence-corrected chi connectivity index (χ2v) is 9.25. The molecule has 4 rings (SSSR count). The molecule has 0 unspecified atom stereocenters. The Labute approximate surface area is 168 Å². The van der Waals surface area contributed by atoms with E-state index in [1.807, 2.05) is 31.2 Å². The van der Waals surface area contributed by atoms with E-state index in [0.717, 1.165) is 33.3 Å². The van der Waals surface area contributed by atoms with Crippen LogP contribution in [-0.4, -0.2) is 21.7 Å². The third-order valence-electron chi connectivity index (χ3n) is 6.38. The Morgan fingerprint density at radius 1 is 1.29 bits per heavy atom. The SMILES string of the molecule is Cc1nn([C@H](C)C(=O)N[C@@H]2CCC[C@@H](C)[C@@H]2C)c(=O)c2c1sc1ccccc12. The van der Waals surface area contributed by atoms with Crippen molar-refractivity contribution in [3.63, 3.8) is 0 Å². The van der Waals surface area contributed by atoms with Gasteiger partial charge in [0.2, 0.25) is 5.91 Å². The lowest BCUT2D eigenvalue weighted by Gasteiger charge is -2.35. The second-order valence-electron chi connectivity index (χ2n) is 8.20. The summed E-state index contributed by atoms with van der Waals surface area (Å²) in [6.45, 7) is 8.12. The van der Waals surface area contributed by atoms with E-state index in [1.165, 1.54) is 11.1 Å². The lowest BCUT2D eigenvalue weighted by Crippen LogP contribution is -2.47. The van der Waals surface area contributed by atoms with Crippen molar-refractivity contribution in [1.29, 1.82) is 0 Å². The third-order valence-corrected chi connectivity index (χ3v) is 7.66. The Hall–Kier alpha value is -2.21. The number of fused-ring (bicyclic) bond motifs is 3. The predicted molar refractivity (Wildman–Crippen MR) is 115 cm³/mol. The van der Waals surface area contributed by atoms with Gasteiger partial charge in [0.1, 0.15) is 6.04 Å². The van der Waals surface area contributed by atoms with Gasteiger partial charge in [-0.25, -0.2) is 4.68 Å². The molecule has 1 aromatic carbocycles. The van der Waals surface area contributed by atoms with Crippen LogP contribution in [0.1, 0.15) is 51.8 Å². The topological polar surface area (TPSA) is 64.0 Å². The fourth-order valence-corrected chi connectivity index (χ4v) is 5.48. The molecule has 1 saturated carbocycles. The molecular formula is C22H27N3O2S. The van der Waals surface area contributed by atoms with Gasteiger partial charge in [0.15, 0.2) is 0 Å². The summed E-state index contributed by atoms with van der Waals surface area (Å²) in [7, 11) is 0. The van der Waals surface area contributed by atoms with Gasteiger partial charge in [-0.2, -0.15) is 5.10 Å². The summed E-state index contributed by atoms with van der Waals surface area (Å²) in [6.07, 6.45) is 3.35. The Morgan fingerprint density at radius 3 is 2.82 bits per heavy atom. The van der Waals surface area contributed by atoms with Gasteiger partial charge in [-0.3, -0.25) is 9.59 Å². The van der Waals surface area contributed by atoms with Crippen molar-refractivity contribution in [2.45, 2.75) is 59.0 Å². The molecule has 6 heteroatoms. The van der Waals surface area contributed by atoms with Gasteiger partial charge in [0.05, 0.1) is 15.8 Å². The van der Waals surface area contributed by atoms with Crippen LogP contribution in [0.25, 0.3) is 20.2 Å². The molecule has 3 aromatic rings. The molecule has 1 aliphatic rings. The number of aryl methyl sites for hydroxylation is 1. The molecule has 2 aromatic heterocycles. The number of carbonyl (C=O) groups is 1. The molecule has 0 aliphatic heterocycles. The van der Waals surface area contributed by atoms with Gasteiger partial charge < -0.3 is 5.32 Å². The van der Waals surface area contributed by atoms with Gasteiger partial charge in [-0.1, -0.05) is 44.9 Å². The van der Waals surface area contributed by atoms with Crippen molar-refractivity contribution in [3.8, 4) is 0 Å². The van der Waals surface area contributed by atoms with Crippen LogP contribution in [0, 0.1) is 18.8 Å². The minimum Gasteiger partial charge on any atom is -0.351 e. The van der Waals surface area contributed by atoms with E-state index in [2.05, 4.69) is 24.3 Å². The number of carbonyl (C=O) groups excluding carboxylic acids is 1. The average Bonchev–Trinajstić information content (AvgIpc) is 3.08. The first kappa shape index (κ1) is 19.1. The van der Waals surface area contributed by atoms with E-state index in [1.54, 1.807) is 18.3 Å². The molecule has 0 bridgehead atoms. The molecule has 0 radical (unpaired) electrons. The van der Waals surface area contributed by atoms with Crippen LogP contribution in [0.4, 0.5) is 0 Å². The molecule has 1 N–H and O–H groups in total. The van der Waals surface area contributed by atoms with Crippen molar-refractivity contribution < 1.29 is 4.79 Å². The fraction of sp³-hybridized carbons (Fsp3) is 0.500. The highest BCUT2D eigenvalue weighted by atomic mass is 32.1. The van der Waals surface area contributed by atoms with E-state index in [-0.39, 0.29) is 17.5 Å². The Kier molecular flexibility index (Phi) is 5.00. The number of benzene rings is 1. The van der Waals surface area contributed by atoms with Crippen molar-refractivity contribution in [2.75, 3.05) is 0 Å². The van der Waals surface area contributed by atoms with E-state index in [4.69, 9.17) is 0 Å². The highest BCUT2D eigenvalue weighted by Crippen LogP contribution is 2.33. The minimum atomic E-state index is -0.640. The molecule has 1 aliphatic carbocycles. The number of amides is 1. The number of nitrogens with one attached hydrogen (secondary N) is 1. The summed E-state index contributed by atoms with van der Waals surface area (Å²) >= 11 is 1.58. The maximum absolute atomic E-state index is 13.2. The van der Waals surface area contributed by atoms with E-state index < -0.39 is 6.04 Å². The minimum absolute atomic E-state index is 0.126. The molecule has 2 heterocycles. The van der Waals surface area contributed by atoms with E-state index >= 15 is 0 Å². The van der Waals surface area contributed by atoms with Crippen LogP contribution in [0.15, 0.2) is 29.1 Å². The molecule has 28 heavy (non-hydrogen) atoms. The number of thiophene rings is 1. The molecule has 148 valence electrons. The van der Waals surface area contributed by atoms with Crippen LogP contribution in [0.5, 0.6) is 0 Å². The maximum atomic E-state index is 13.2. The molecule has 4 atom stereocenters. The molecule has 5 nitrogen and oxygen atoms in total. The van der Waals surface area contributed by atoms with Gasteiger partial charge >= 0.3 is 0 Å². The van der Waals surface area contributed by atoms with Gasteiger partial charge in [-0.15, -0.1) is 11.3 Å². The lowest BCUT2D eigenvalue weighted by molar-refractivity contribution is -0.125. The molecule has 0 saturated heterocycles. The summed E-state index contributed by atoms with van der Waals surface area (Å²) < 4.78 is 3.34. The standard InChI is InChI=1S/C22H27N3O2S/c1-12-8-7-10-17(13(12)2)23-21(26)15(4)25-22(27)19-16-9-5-6-11-18(16)28-20(19)14(3)24-25/h5-6,9,11-13,15,17H,7-8,10H2,1-4H3,(H,23,26)/t12-,13+,15-,17-/m1/s1. The van der Waals surface area contributed by atoms with E-state index in [9.17, 15) is 9.59 Å². The first-order valence-corrected chi connectivity index (χ1v) is 10.9. The maximum Gasteiger partial charge on any atom is 0.276 e. The lowest BCUT2D eigenvalue weighted by atomic mass is 9.78. The first-order chi connectivity index (χ1) is 13.4. The fourth-order valence-electron chi connectivity index (χ4n) is 4.34. The highest BCUT2D eigenvalue weighted by Gasteiger charge is 2.30. The quantitative estimate of drug-likeness (QED) is 0.711. The van der Waals surface area contributed by atoms with E-state index in [0.29, 0.717) is 17.2 Å². The number of hydrogen-bond donors (Lipinski definition) is 1. The summed E-state index contributed by atoms with van der Waals surface area (Å²) in [5.74, 6) is 0.921. The molecule has 0 spiro atoms. The van der Waals surface area contributed by atoms with Crippen LogP contribution in [-0.2, 0) is 4.79 Å². The summed E-state index contributed by atoms with van der Waals surface area (Å²) in [6, 6.07) is 7.43. The average molecular weight is 398 g/mol. The predicted octanol–water partition coefficient (Wildman–Crippen LogP) is 4.42. The Bertz CT molecular complexity index is 1100. The summed E-state index contributed by atoms with van der Waals surface area (Å²) in [5.41, 5.74) is 0.598. The number of hydrogen-bond acceptors (Lipinski definition) is 4. The molecular weight excluding hydrogens is 370 g/mol. The highest BCUT2D eigenvalue weighted by molar-refractivity contribution is 7.26. The monoisotopic (exact) mass is 397 g/mol.